The van der Waals surface area contributed by atoms with Gasteiger partial charge >= 0.3 is 0 Å². The predicted molar refractivity (Wildman–Crippen MR) is 130 cm³/mol. The second-order valence-corrected chi connectivity index (χ2v) is 8.06. The monoisotopic (exact) mass is 457 g/mol. The van der Waals surface area contributed by atoms with E-state index in [0.29, 0.717) is 11.4 Å². The molecule has 8 nitrogen and oxygen atoms in total. The minimum absolute atomic E-state index is 0.116. The first kappa shape index (κ1) is 22.3. The van der Waals surface area contributed by atoms with Crippen molar-refractivity contribution in [3.05, 3.63) is 79.1 Å². The zero-order valence-corrected chi connectivity index (χ0v) is 18.9. The predicted octanol–water partition coefficient (Wildman–Crippen LogP) is 5.90. The van der Waals surface area contributed by atoms with E-state index in [1.54, 1.807) is 12.4 Å². The summed E-state index contributed by atoms with van der Waals surface area (Å²) < 4.78 is 2.04. The van der Waals surface area contributed by atoms with Crippen molar-refractivity contribution < 1.29 is 4.79 Å². The molecule has 0 aliphatic rings. The molecule has 4 aromatic rings. The number of anilines is 1. The van der Waals surface area contributed by atoms with Crippen LogP contribution in [0.3, 0.4) is 0 Å². The van der Waals surface area contributed by atoms with Crippen LogP contribution in [0.4, 0.5) is 17.1 Å². The van der Waals surface area contributed by atoms with Gasteiger partial charge in [0.25, 0.3) is 0 Å². The second-order valence-electron chi connectivity index (χ2n) is 7.11. The highest BCUT2D eigenvalue weighted by Gasteiger charge is 2.15. The Hall–Kier alpha value is -3.85. The molecule has 33 heavy (non-hydrogen) atoms. The van der Waals surface area contributed by atoms with Crippen molar-refractivity contribution in [2.24, 2.45) is 10.2 Å². The number of carbonyl (C=O) groups is 1. The van der Waals surface area contributed by atoms with Gasteiger partial charge in [0.1, 0.15) is 0 Å². The van der Waals surface area contributed by atoms with Gasteiger partial charge in [-0.3, -0.25) is 9.78 Å². The summed E-state index contributed by atoms with van der Waals surface area (Å²) in [6, 6.07) is 20.6. The Morgan fingerprint density at radius 2 is 1.64 bits per heavy atom. The van der Waals surface area contributed by atoms with E-state index in [2.05, 4.69) is 37.7 Å². The molecule has 2 heterocycles. The molecule has 0 spiro atoms. The number of nitrogens with zero attached hydrogens (tertiary/aromatic N) is 6. The summed E-state index contributed by atoms with van der Waals surface area (Å²) in [5.41, 5.74) is 3.15. The minimum Gasteiger partial charge on any atom is -0.325 e. The third kappa shape index (κ3) is 6.11. The number of nitrogens with one attached hydrogen (secondary N) is 1. The lowest BCUT2D eigenvalue weighted by Gasteiger charge is -2.09. The van der Waals surface area contributed by atoms with Crippen molar-refractivity contribution in [3.8, 4) is 11.4 Å². The van der Waals surface area contributed by atoms with Crippen molar-refractivity contribution in [1.82, 2.24) is 19.7 Å². The smallest absolute Gasteiger partial charge is 0.234 e. The lowest BCUT2D eigenvalue weighted by Crippen LogP contribution is -2.14. The molecule has 0 aliphatic carbocycles. The number of carbonyl (C=O) groups excluding carboxylic acids is 1. The third-order valence-electron chi connectivity index (χ3n) is 4.62. The first-order chi connectivity index (χ1) is 16.2. The van der Waals surface area contributed by atoms with Gasteiger partial charge in [0.15, 0.2) is 11.0 Å². The SMILES string of the molecule is CCCn1c(SCC(=O)Nc2ccc(N=Nc3ccccc3)cc2)nnc1-c1ccncc1. The van der Waals surface area contributed by atoms with Crippen molar-refractivity contribution in [2.75, 3.05) is 11.1 Å². The van der Waals surface area contributed by atoms with E-state index >= 15 is 0 Å². The molecule has 0 radical (unpaired) electrons. The number of azo groups is 1. The summed E-state index contributed by atoms with van der Waals surface area (Å²) in [5, 5.41) is 20.7. The number of hydrogen-bond acceptors (Lipinski definition) is 7. The van der Waals surface area contributed by atoms with Crippen LogP contribution in [0.15, 0.2) is 94.5 Å². The van der Waals surface area contributed by atoms with Crippen molar-refractivity contribution in [3.63, 3.8) is 0 Å². The van der Waals surface area contributed by atoms with Gasteiger partial charge in [-0.2, -0.15) is 10.2 Å². The average Bonchev–Trinajstić information content (AvgIpc) is 3.26. The molecular weight excluding hydrogens is 434 g/mol. The first-order valence-electron chi connectivity index (χ1n) is 10.6. The summed E-state index contributed by atoms with van der Waals surface area (Å²) in [6.07, 6.45) is 4.40. The Morgan fingerprint density at radius 3 is 2.33 bits per heavy atom. The molecule has 9 heteroatoms. The van der Waals surface area contributed by atoms with E-state index in [9.17, 15) is 4.79 Å². The highest BCUT2D eigenvalue weighted by Crippen LogP contribution is 2.25. The summed E-state index contributed by atoms with van der Waals surface area (Å²) in [6.45, 7) is 2.87. The van der Waals surface area contributed by atoms with Gasteiger partial charge in [-0.15, -0.1) is 10.2 Å². The van der Waals surface area contributed by atoms with E-state index < -0.39 is 0 Å². The molecule has 4 rings (SSSR count). The van der Waals surface area contributed by atoms with Crippen molar-refractivity contribution in [1.29, 1.82) is 0 Å². The second kappa shape index (κ2) is 11.1. The van der Waals surface area contributed by atoms with Crippen molar-refractivity contribution >= 4 is 34.7 Å². The highest BCUT2D eigenvalue weighted by atomic mass is 32.2. The number of rotatable bonds is 9. The summed E-state index contributed by atoms with van der Waals surface area (Å²) in [5.74, 6) is 0.894. The maximum atomic E-state index is 12.5. The molecule has 0 aliphatic heterocycles. The van der Waals surface area contributed by atoms with Crippen LogP contribution in [0, 0.1) is 0 Å². The topological polar surface area (TPSA) is 97.4 Å². The van der Waals surface area contributed by atoms with E-state index in [-0.39, 0.29) is 11.7 Å². The lowest BCUT2D eigenvalue weighted by molar-refractivity contribution is -0.113. The molecule has 0 saturated carbocycles. The van der Waals surface area contributed by atoms with E-state index in [4.69, 9.17) is 0 Å². The van der Waals surface area contributed by atoms with Gasteiger partial charge in [-0.1, -0.05) is 36.9 Å². The van der Waals surface area contributed by atoms with Crippen LogP contribution >= 0.6 is 11.8 Å². The Morgan fingerprint density at radius 1 is 0.939 bits per heavy atom. The van der Waals surface area contributed by atoms with Gasteiger partial charge in [0.2, 0.25) is 5.91 Å². The van der Waals surface area contributed by atoms with Crippen LogP contribution in [0.1, 0.15) is 13.3 Å². The third-order valence-corrected chi connectivity index (χ3v) is 5.59. The maximum Gasteiger partial charge on any atom is 0.234 e. The van der Waals surface area contributed by atoms with E-state index in [0.717, 1.165) is 35.2 Å². The van der Waals surface area contributed by atoms with Crippen LogP contribution < -0.4 is 5.32 Å². The quantitative estimate of drug-likeness (QED) is 0.249. The highest BCUT2D eigenvalue weighted by molar-refractivity contribution is 7.99. The fourth-order valence-corrected chi connectivity index (χ4v) is 3.85. The molecule has 2 aromatic heterocycles. The fourth-order valence-electron chi connectivity index (χ4n) is 3.08. The average molecular weight is 458 g/mol. The molecule has 2 aromatic carbocycles. The number of hydrogen-bond donors (Lipinski definition) is 1. The van der Waals surface area contributed by atoms with Gasteiger partial charge in [0, 0.05) is 30.2 Å². The Balaban J connectivity index is 1.35. The van der Waals surface area contributed by atoms with Crippen LogP contribution in [-0.2, 0) is 11.3 Å². The maximum absolute atomic E-state index is 12.5. The lowest BCUT2D eigenvalue weighted by atomic mass is 10.2. The van der Waals surface area contributed by atoms with Crippen LogP contribution in [0.25, 0.3) is 11.4 Å². The molecule has 0 saturated heterocycles. The first-order valence-corrected chi connectivity index (χ1v) is 11.5. The molecule has 1 amide bonds. The standard InChI is InChI=1S/C24H23N7OS/c1-2-16-31-23(18-12-14-25-15-13-18)29-30-24(31)33-17-22(32)26-19-8-10-21(11-9-19)28-27-20-6-4-3-5-7-20/h3-15H,2,16-17H2,1H3,(H,26,32). The summed E-state index contributed by atoms with van der Waals surface area (Å²) in [4.78, 5) is 16.5. The van der Waals surface area contributed by atoms with Gasteiger partial charge < -0.3 is 9.88 Å². The molecule has 0 atom stereocenters. The summed E-state index contributed by atoms with van der Waals surface area (Å²) in [7, 11) is 0. The van der Waals surface area contributed by atoms with Gasteiger partial charge in [0.05, 0.1) is 17.1 Å². The van der Waals surface area contributed by atoms with Crippen LogP contribution in [-0.4, -0.2) is 31.4 Å². The van der Waals surface area contributed by atoms with E-state index in [1.165, 1.54) is 11.8 Å². The normalized spacial score (nSPS) is 11.1. The fraction of sp³-hybridized carbons (Fsp3) is 0.167. The van der Waals surface area contributed by atoms with Crippen LogP contribution in [0.5, 0.6) is 0 Å². The van der Waals surface area contributed by atoms with Crippen LogP contribution in [0.2, 0.25) is 0 Å². The molecule has 0 fully saturated rings. The summed E-state index contributed by atoms with van der Waals surface area (Å²) >= 11 is 1.37. The van der Waals surface area contributed by atoms with E-state index in [1.807, 2.05) is 71.3 Å². The van der Waals surface area contributed by atoms with Crippen molar-refractivity contribution in [2.45, 2.75) is 25.0 Å². The molecule has 166 valence electrons. The molecule has 0 unspecified atom stereocenters. The molecular formula is C24H23N7OS. The number of thioether (sulfide) groups is 1. The molecule has 0 bridgehead atoms. The Bertz CT molecular complexity index is 1210. The minimum atomic E-state index is -0.116. The zero-order chi connectivity index (χ0) is 22.9. The number of aromatic nitrogens is 4. The Labute approximate surface area is 196 Å². The largest absolute Gasteiger partial charge is 0.325 e. The Kier molecular flexibility index (Phi) is 7.55. The van der Waals surface area contributed by atoms with Gasteiger partial charge in [-0.05, 0) is 55.0 Å². The molecule has 1 N–H and O–H groups in total. The van der Waals surface area contributed by atoms with Gasteiger partial charge in [-0.25, -0.2) is 0 Å². The number of amides is 1. The number of pyridine rings is 1. The number of benzene rings is 2. The zero-order valence-electron chi connectivity index (χ0n) is 18.1.